The van der Waals surface area contributed by atoms with Crippen molar-refractivity contribution in [2.24, 2.45) is 11.8 Å². The summed E-state index contributed by atoms with van der Waals surface area (Å²) in [4.78, 5) is 16.4. The summed E-state index contributed by atoms with van der Waals surface area (Å²) >= 11 is 1.41. The van der Waals surface area contributed by atoms with E-state index in [1.807, 2.05) is 18.2 Å². The Kier molecular flexibility index (Phi) is 3.61. The average molecular weight is 289 g/mol. The van der Waals surface area contributed by atoms with Gasteiger partial charge in [0.2, 0.25) is 0 Å². The second kappa shape index (κ2) is 5.40. The van der Waals surface area contributed by atoms with Crippen LogP contribution in [0, 0.1) is 11.8 Å². The fraction of sp³-hybridized carbons (Fsp3) is 0.467. The Morgan fingerprint density at radius 3 is 3.10 bits per heavy atom. The Morgan fingerprint density at radius 2 is 2.35 bits per heavy atom. The number of anilines is 1. The van der Waals surface area contributed by atoms with Gasteiger partial charge in [-0.25, -0.2) is 4.98 Å². The lowest BCUT2D eigenvalue weighted by atomic mass is 9.98. The Balaban J connectivity index is 1.68. The minimum Gasteiger partial charge on any atom is -0.375 e. The zero-order chi connectivity index (χ0) is 14.1. The summed E-state index contributed by atoms with van der Waals surface area (Å²) in [6, 6.07) is 5.54. The molecule has 1 saturated carbocycles. The molecule has 0 bridgehead atoms. The number of nitrogen functional groups attached to an aromatic ring is 1. The molecule has 3 N–H and O–H groups in total. The van der Waals surface area contributed by atoms with E-state index in [1.165, 1.54) is 30.6 Å². The summed E-state index contributed by atoms with van der Waals surface area (Å²) in [7, 11) is 0. The predicted molar refractivity (Wildman–Crippen MR) is 82.9 cm³/mol. The van der Waals surface area contributed by atoms with Crippen LogP contribution in [0.4, 0.5) is 5.13 Å². The number of hydrogen-bond donors (Lipinski definition) is 2. The minimum absolute atomic E-state index is 0.00188. The normalized spacial score (nSPS) is 22.2. The number of nitrogens with two attached hydrogens (primary N) is 1. The molecule has 0 radical (unpaired) electrons. The highest BCUT2D eigenvalue weighted by Crippen LogP contribution is 2.30. The molecular weight excluding hydrogens is 270 g/mol. The van der Waals surface area contributed by atoms with Crippen molar-refractivity contribution in [2.75, 3.05) is 12.3 Å². The van der Waals surface area contributed by atoms with Gasteiger partial charge in [0.25, 0.3) is 5.91 Å². The first-order valence-corrected chi connectivity index (χ1v) is 7.89. The van der Waals surface area contributed by atoms with Crippen LogP contribution in [0.25, 0.3) is 10.2 Å². The number of hydrogen-bond acceptors (Lipinski definition) is 4. The lowest BCUT2D eigenvalue weighted by molar-refractivity contribution is 0.0945. The number of amides is 1. The highest BCUT2D eigenvalue weighted by atomic mass is 32.1. The van der Waals surface area contributed by atoms with Crippen molar-refractivity contribution in [3.8, 4) is 0 Å². The zero-order valence-corrected chi connectivity index (χ0v) is 12.4. The first-order chi connectivity index (χ1) is 9.63. The van der Waals surface area contributed by atoms with E-state index in [0.717, 1.165) is 22.7 Å². The van der Waals surface area contributed by atoms with Crippen LogP contribution in [0.5, 0.6) is 0 Å². The molecule has 1 aliphatic carbocycles. The molecule has 0 saturated heterocycles. The van der Waals surface area contributed by atoms with Gasteiger partial charge in [0.15, 0.2) is 5.13 Å². The molecule has 2 aromatic rings. The largest absolute Gasteiger partial charge is 0.375 e. The van der Waals surface area contributed by atoms with E-state index in [1.54, 1.807) is 0 Å². The Hall–Kier alpha value is -1.62. The van der Waals surface area contributed by atoms with Crippen LogP contribution in [0.2, 0.25) is 0 Å². The molecule has 1 aromatic carbocycles. The average Bonchev–Trinajstić information content (AvgIpc) is 2.99. The molecule has 1 fully saturated rings. The Labute approximate surface area is 122 Å². The maximum Gasteiger partial charge on any atom is 0.251 e. The molecule has 0 spiro atoms. The van der Waals surface area contributed by atoms with Crippen molar-refractivity contribution in [2.45, 2.75) is 26.2 Å². The van der Waals surface area contributed by atoms with Crippen molar-refractivity contribution in [3.05, 3.63) is 23.8 Å². The van der Waals surface area contributed by atoms with E-state index >= 15 is 0 Å². The van der Waals surface area contributed by atoms with Gasteiger partial charge in [-0.3, -0.25) is 4.79 Å². The number of rotatable bonds is 3. The lowest BCUT2D eigenvalue weighted by Gasteiger charge is -2.15. The van der Waals surface area contributed by atoms with Gasteiger partial charge in [-0.05, 0) is 36.5 Å². The van der Waals surface area contributed by atoms with Gasteiger partial charge in [-0.1, -0.05) is 31.1 Å². The molecule has 1 aromatic heterocycles. The Morgan fingerprint density at radius 1 is 1.50 bits per heavy atom. The van der Waals surface area contributed by atoms with Crippen molar-refractivity contribution in [3.63, 3.8) is 0 Å². The summed E-state index contributed by atoms with van der Waals surface area (Å²) in [5.41, 5.74) is 7.22. The van der Waals surface area contributed by atoms with Crippen molar-refractivity contribution in [1.82, 2.24) is 10.3 Å². The second-order valence-corrected chi connectivity index (χ2v) is 6.68. The quantitative estimate of drug-likeness (QED) is 0.912. The van der Waals surface area contributed by atoms with Crippen LogP contribution in [0.15, 0.2) is 18.2 Å². The minimum atomic E-state index is -0.00188. The van der Waals surface area contributed by atoms with Crippen LogP contribution in [-0.2, 0) is 0 Å². The molecule has 5 heteroatoms. The molecule has 2 unspecified atom stereocenters. The van der Waals surface area contributed by atoms with E-state index in [2.05, 4.69) is 17.2 Å². The SMILES string of the molecule is CC1CCCC1CNC(=O)c1ccc2nc(N)sc2c1. The number of thiazole rings is 1. The van der Waals surface area contributed by atoms with Gasteiger partial charge in [-0.15, -0.1) is 0 Å². The number of nitrogens with one attached hydrogen (secondary N) is 1. The van der Waals surface area contributed by atoms with E-state index in [4.69, 9.17) is 5.73 Å². The molecule has 0 aliphatic heterocycles. The van der Waals surface area contributed by atoms with Crippen molar-refractivity contribution < 1.29 is 4.79 Å². The highest BCUT2D eigenvalue weighted by Gasteiger charge is 2.23. The predicted octanol–water partition coefficient (Wildman–Crippen LogP) is 3.04. The standard InChI is InChI=1S/C15H19N3OS/c1-9-3-2-4-11(9)8-17-14(19)10-5-6-12-13(7-10)20-15(16)18-12/h5-7,9,11H,2-4,8H2,1H3,(H2,16,18)(H,17,19). The van der Waals surface area contributed by atoms with Crippen LogP contribution in [0.3, 0.4) is 0 Å². The van der Waals surface area contributed by atoms with Gasteiger partial charge in [0, 0.05) is 12.1 Å². The third kappa shape index (κ3) is 2.63. The molecule has 1 amide bonds. The summed E-state index contributed by atoms with van der Waals surface area (Å²) < 4.78 is 0.962. The molecule has 2 atom stereocenters. The number of aromatic nitrogens is 1. The topological polar surface area (TPSA) is 68.0 Å². The molecule has 3 rings (SSSR count). The maximum absolute atomic E-state index is 12.2. The smallest absolute Gasteiger partial charge is 0.251 e. The zero-order valence-electron chi connectivity index (χ0n) is 11.6. The number of nitrogens with zero attached hydrogens (tertiary/aromatic N) is 1. The van der Waals surface area contributed by atoms with Crippen molar-refractivity contribution >= 4 is 32.6 Å². The van der Waals surface area contributed by atoms with Crippen LogP contribution >= 0.6 is 11.3 Å². The lowest BCUT2D eigenvalue weighted by Crippen LogP contribution is -2.30. The van der Waals surface area contributed by atoms with Gasteiger partial charge in [-0.2, -0.15) is 0 Å². The summed E-state index contributed by atoms with van der Waals surface area (Å²) in [6.07, 6.45) is 3.80. The van der Waals surface area contributed by atoms with Crippen LogP contribution < -0.4 is 11.1 Å². The van der Waals surface area contributed by atoms with Gasteiger partial charge in [0.1, 0.15) is 0 Å². The van der Waals surface area contributed by atoms with Gasteiger partial charge in [0.05, 0.1) is 10.2 Å². The molecule has 106 valence electrons. The monoisotopic (exact) mass is 289 g/mol. The van der Waals surface area contributed by atoms with Gasteiger partial charge >= 0.3 is 0 Å². The van der Waals surface area contributed by atoms with Crippen molar-refractivity contribution in [1.29, 1.82) is 0 Å². The number of benzene rings is 1. The van der Waals surface area contributed by atoms with E-state index < -0.39 is 0 Å². The summed E-state index contributed by atoms with van der Waals surface area (Å²) in [5.74, 6) is 1.35. The third-order valence-electron chi connectivity index (χ3n) is 4.23. The van der Waals surface area contributed by atoms with Crippen LogP contribution in [0.1, 0.15) is 36.5 Å². The number of carbonyl (C=O) groups excluding carboxylic acids is 1. The van der Waals surface area contributed by atoms with E-state index in [9.17, 15) is 4.79 Å². The van der Waals surface area contributed by atoms with Crippen LogP contribution in [-0.4, -0.2) is 17.4 Å². The number of carbonyl (C=O) groups is 1. The second-order valence-electron chi connectivity index (χ2n) is 5.61. The first kappa shape index (κ1) is 13.4. The third-order valence-corrected chi connectivity index (χ3v) is 5.08. The molecule has 1 aliphatic rings. The number of fused-ring (bicyclic) bond motifs is 1. The van der Waals surface area contributed by atoms with E-state index in [0.29, 0.717) is 16.6 Å². The summed E-state index contributed by atoms with van der Waals surface area (Å²) in [6.45, 7) is 3.05. The fourth-order valence-electron chi connectivity index (χ4n) is 2.94. The fourth-order valence-corrected chi connectivity index (χ4v) is 3.71. The van der Waals surface area contributed by atoms with Gasteiger partial charge < -0.3 is 11.1 Å². The maximum atomic E-state index is 12.2. The molecular formula is C15H19N3OS. The van der Waals surface area contributed by atoms with E-state index in [-0.39, 0.29) is 5.91 Å². The molecule has 20 heavy (non-hydrogen) atoms. The molecule has 1 heterocycles. The first-order valence-electron chi connectivity index (χ1n) is 7.08. The highest BCUT2D eigenvalue weighted by molar-refractivity contribution is 7.22. The summed E-state index contributed by atoms with van der Waals surface area (Å²) in [5, 5.41) is 3.60. The Bertz CT molecular complexity index is 637. The molecule has 4 nitrogen and oxygen atoms in total.